The Morgan fingerprint density at radius 2 is 1.15 bits per heavy atom. The summed E-state index contributed by atoms with van der Waals surface area (Å²) < 4.78 is 6.19. The largest absolute Gasteiger partial charge is 0.457 e. The van der Waals surface area contributed by atoms with Gasteiger partial charge < -0.3 is 9.55 Å². The molecule has 0 atom stereocenters. The van der Waals surface area contributed by atoms with Gasteiger partial charge in [0.05, 0.1) is 0 Å². The summed E-state index contributed by atoms with van der Waals surface area (Å²) in [6.07, 6.45) is 0. The van der Waals surface area contributed by atoms with E-state index in [0.29, 0.717) is 0 Å². The summed E-state index contributed by atoms with van der Waals surface area (Å²) in [5, 5.41) is 0. The quantitative estimate of drug-likeness (QED) is 0.310. The van der Waals surface area contributed by atoms with E-state index in [-0.39, 0.29) is 6.85 Å². The van der Waals surface area contributed by atoms with Gasteiger partial charge in [0.25, 0.3) is 0 Å². The average Bonchev–Trinajstić information content (AvgIpc) is 2.89. The first kappa shape index (κ1) is 19.5. The third kappa shape index (κ3) is 3.58. The molecule has 1 aliphatic heterocycles. The Balaban J connectivity index is 1.56. The Hall–Kier alpha value is -4.24. The van der Waals surface area contributed by atoms with Crippen molar-refractivity contribution < 1.29 is 4.74 Å². The highest BCUT2D eigenvalue weighted by Gasteiger charge is 2.36. The summed E-state index contributed by atoms with van der Waals surface area (Å²) in [6.45, 7) is 0.0817. The van der Waals surface area contributed by atoms with E-state index in [4.69, 9.17) is 4.74 Å². The van der Waals surface area contributed by atoms with Gasteiger partial charge in [-0.2, -0.15) is 0 Å². The first-order valence-corrected chi connectivity index (χ1v) is 11.2. The molecule has 33 heavy (non-hydrogen) atoms. The van der Waals surface area contributed by atoms with Crippen LogP contribution in [0, 0.1) is 0 Å². The molecular weight excluding hydrogens is 401 g/mol. The highest BCUT2D eigenvalue weighted by atomic mass is 16.5. The summed E-state index contributed by atoms with van der Waals surface area (Å²) in [5.74, 6) is 1.67. The Labute approximate surface area is 194 Å². The van der Waals surface area contributed by atoms with Crippen LogP contribution in [0.5, 0.6) is 11.5 Å². The van der Waals surface area contributed by atoms with Gasteiger partial charge in [-0.25, -0.2) is 0 Å². The van der Waals surface area contributed by atoms with Crippen LogP contribution in [0.1, 0.15) is 0 Å². The molecule has 0 aliphatic carbocycles. The van der Waals surface area contributed by atoms with E-state index < -0.39 is 0 Å². The molecule has 0 radical (unpaired) electrons. The van der Waals surface area contributed by atoms with Gasteiger partial charge in [0.2, 0.25) is 0 Å². The molecule has 0 bridgehead atoms. The maximum Gasteiger partial charge on any atom is 0.328 e. The second-order valence-corrected chi connectivity index (χ2v) is 8.20. The van der Waals surface area contributed by atoms with Gasteiger partial charge in [-0.3, -0.25) is 0 Å². The molecular formula is C30H22BNO. The van der Waals surface area contributed by atoms with Gasteiger partial charge in [0, 0.05) is 16.9 Å². The number of nitrogens with zero attached hydrogens (tertiary/aromatic N) is 1. The summed E-state index contributed by atoms with van der Waals surface area (Å²) >= 11 is 0. The van der Waals surface area contributed by atoms with Crippen LogP contribution in [0.15, 0.2) is 133 Å². The number of hydrogen-bond acceptors (Lipinski definition) is 2. The van der Waals surface area contributed by atoms with Crippen LogP contribution in [0.2, 0.25) is 0 Å². The maximum absolute atomic E-state index is 6.19. The molecule has 0 fully saturated rings. The van der Waals surface area contributed by atoms with Crippen LogP contribution >= 0.6 is 0 Å². The lowest BCUT2D eigenvalue weighted by Gasteiger charge is -2.39. The highest BCUT2D eigenvalue weighted by Crippen LogP contribution is 2.41. The normalized spacial score (nSPS) is 12.1. The van der Waals surface area contributed by atoms with Crippen molar-refractivity contribution in [1.82, 2.24) is 0 Å². The van der Waals surface area contributed by atoms with E-state index in [1.54, 1.807) is 0 Å². The topological polar surface area (TPSA) is 12.5 Å². The first-order chi connectivity index (χ1) is 16.4. The standard InChI is InChI=1S/C30H22BNO/c1-4-12-23(13-5-1)31-29-19-11-10-18-27(29)28-22-26(33-25-16-8-3-9-17-25)20-21-30(28)32(31)24-14-6-2-7-15-24/h1-22H. The number of benzene rings is 5. The van der Waals surface area contributed by atoms with Crippen LogP contribution < -0.4 is 20.5 Å². The number of para-hydroxylation sites is 2. The molecule has 0 N–H and O–H groups in total. The predicted molar refractivity (Wildman–Crippen MR) is 138 cm³/mol. The minimum Gasteiger partial charge on any atom is -0.457 e. The number of hydrogen-bond donors (Lipinski definition) is 0. The van der Waals surface area contributed by atoms with Gasteiger partial charge in [0.1, 0.15) is 11.5 Å². The van der Waals surface area contributed by atoms with Crippen molar-refractivity contribution in [2.75, 3.05) is 4.81 Å². The van der Waals surface area contributed by atoms with E-state index in [2.05, 4.69) is 108 Å². The van der Waals surface area contributed by atoms with E-state index >= 15 is 0 Å². The molecule has 0 aromatic heterocycles. The molecule has 0 spiro atoms. The lowest BCUT2D eigenvalue weighted by atomic mass is 9.46. The van der Waals surface area contributed by atoms with Gasteiger partial charge in [-0.05, 0) is 53.5 Å². The molecule has 6 rings (SSSR count). The van der Waals surface area contributed by atoms with E-state index in [9.17, 15) is 0 Å². The zero-order valence-corrected chi connectivity index (χ0v) is 18.1. The van der Waals surface area contributed by atoms with Crippen LogP contribution in [0.4, 0.5) is 11.4 Å². The molecule has 1 aliphatic rings. The van der Waals surface area contributed by atoms with Gasteiger partial charge >= 0.3 is 6.85 Å². The molecule has 0 amide bonds. The Bertz CT molecular complexity index is 1390. The van der Waals surface area contributed by atoms with Crippen molar-refractivity contribution in [2.24, 2.45) is 0 Å². The lowest BCUT2D eigenvalue weighted by molar-refractivity contribution is 0.483. The van der Waals surface area contributed by atoms with Gasteiger partial charge in [-0.1, -0.05) is 96.5 Å². The molecule has 5 aromatic carbocycles. The van der Waals surface area contributed by atoms with Crippen LogP contribution in [-0.4, -0.2) is 6.85 Å². The van der Waals surface area contributed by atoms with Crippen LogP contribution in [-0.2, 0) is 0 Å². The lowest BCUT2D eigenvalue weighted by Crippen LogP contribution is -2.57. The number of rotatable bonds is 4. The van der Waals surface area contributed by atoms with E-state index in [1.165, 1.54) is 33.4 Å². The van der Waals surface area contributed by atoms with Crippen molar-refractivity contribution in [3.05, 3.63) is 133 Å². The maximum atomic E-state index is 6.19. The van der Waals surface area contributed by atoms with Crippen molar-refractivity contribution in [3.63, 3.8) is 0 Å². The van der Waals surface area contributed by atoms with Crippen molar-refractivity contribution in [2.45, 2.75) is 0 Å². The van der Waals surface area contributed by atoms with Gasteiger partial charge in [-0.15, -0.1) is 0 Å². The Morgan fingerprint density at radius 1 is 0.515 bits per heavy atom. The molecule has 5 aromatic rings. The second-order valence-electron chi connectivity index (χ2n) is 8.20. The minimum atomic E-state index is 0.0817. The number of anilines is 2. The second kappa shape index (κ2) is 8.36. The van der Waals surface area contributed by atoms with Crippen molar-refractivity contribution in [3.8, 4) is 22.6 Å². The van der Waals surface area contributed by atoms with Crippen molar-refractivity contribution >= 4 is 29.1 Å². The number of ether oxygens (including phenoxy) is 1. The fourth-order valence-corrected chi connectivity index (χ4v) is 4.73. The van der Waals surface area contributed by atoms with E-state index in [0.717, 1.165) is 11.5 Å². The number of fused-ring (bicyclic) bond motifs is 3. The molecule has 0 unspecified atom stereocenters. The predicted octanol–water partition coefficient (Wildman–Crippen LogP) is 6.40. The SMILES string of the molecule is c1ccc(Oc2ccc3c(c2)-c2ccccc2B(c2ccccc2)N3c2ccccc2)cc1. The Morgan fingerprint density at radius 3 is 1.91 bits per heavy atom. The molecule has 2 nitrogen and oxygen atoms in total. The zero-order chi connectivity index (χ0) is 22.0. The van der Waals surface area contributed by atoms with Crippen molar-refractivity contribution in [1.29, 1.82) is 0 Å². The van der Waals surface area contributed by atoms with Crippen LogP contribution in [0.25, 0.3) is 11.1 Å². The fourth-order valence-electron chi connectivity index (χ4n) is 4.73. The molecule has 156 valence electrons. The minimum absolute atomic E-state index is 0.0817. The van der Waals surface area contributed by atoms with E-state index in [1.807, 2.05) is 30.3 Å². The molecule has 1 heterocycles. The third-order valence-corrected chi connectivity index (χ3v) is 6.16. The van der Waals surface area contributed by atoms with Gasteiger partial charge in [0.15, 0.2) is 0 Å². The fraction of sp³-hybridized carbons (Fsp3) is 0. The summed E-state index contributed by atoms with van der Waals surface area (Å²) in [6, 6.07) is 46.5. The smallest absolute Gasteiger partial charge is 0.328 e. The summed E-state index contributed by atoms with van der Waals surface area (Å²) in [4.78, 5) is 2.44. The van der Waals surface area contributed by atoms with Crippen LogP contribution in [0.3, 0.4) is 0 Å². The molecule has 0 saturated heterocycles. The molecule has 0 saturated carbocycles. The third-order valence-electron chi connectivity index (χ3n) is 6.16. The summed E-state index contributed by atoms with van der Waals surface area (Å²) in [7, 11) is 0. The zero-order valence-electron chi connectivity index (χ0n) is 18.1. The highest BCUT2D eigenvalue weighted by molar-refractivity contribution is 6.90. The Kier molecular flexibility index (Phi) is 4.93. The summed E-state index contributed by atoms with van der Waals surface area (Å²) in [5.41, 5.74) is 7.32. The molecule has 3 heteroatoms. The monoisotopic (exact) mass is 423 g/mol. The first-order valence-electron chi connectivity index (χ1n) is 11.2. The average molecular weight is 423 g/mol.